The van der Waals surface area contributed by atoms with Gasteiger partial charge >= 0.3 is 5.97 Å². The van der Waals surface area contributed by atoms with Crippen LogP contribution in [0.25, 0.3) is 0 Å². The summed E-state index contributed by atoms with van der Waals surface area (Å²) in [4.78, 5) is 22.2. The number of esters is 1. The number of methoxy groups -OCH3 is 1. The van der Waals surface area contributed by atoms with Crippen molar-refractivity contribution in [3.05, 3.63) is 0 Å². The smallest absolute Gasteiger partial charge is 0.307 e. The van der Waals surface area contributed by atoms with E-state index < -0.39 is 0 Å². The maximum atomic E-state index is 11.1. The van der Waals surface area contributed by atoms with Gasteiger partial charge in [0.1, 0.15) is 0 Å². The summed E-state index contributed by atoms with van der Waals surface area (Å²) in [6.45, 7) is 5.71. The Hall–Kier alpha value is -1.06. The third-order valence-electron chi connectivity index (χ3n) is 2.09. The normalized spacial score (nSPS) is 12.4. The highest BCUT2D eigenvalue weighted by molar-refractivity contribution is 5.77. The first-order valence-corrected chi connectivity index (χ1v) is 4.87. The maximum Gasteiger partial charge on any atom is 0.307 e. The second kappa shape index (κ2) is 6.40. The molecule has 14 heavy (non-hydrogen) atoms. The van der Waals surface area contributed by atoms with Crippen LogP contribution in [0, 0.1) is 5.92 Å². The third-order valence-corrected chi connectivity index (χ3v) is 2.09. The highest BCUT2D eigenvalue weighted by atomic mass is 16.5. The van der Waals surface area contributed by atoms with Gasteiger partial charge in [0.2, 0.25) is 5.91 Å². The largest absolute Gasteiger partial charge is 0.469 e. The van der Waals surface area contributed by atoms with Gasteiger partial charge in [0.05, 0.1) is 13.5 Å². The number of nitrogens with one attached hydrogen (secondary N) is 1. The fourth-order valence-electron chi connectivity index (χ4n) is 1.03. The van der Waals surface area contributed by atoms with Crippen LogP contribution in [-0.2, 0) is 14.3 Å². The number of hydrogen-bond acceptors (Lipinski definition) is 3. The highest BCUT2D eigenvalue weighted by Crippen LogP contribution is 2.07. The molecule has 0 saturated heterocycles. The average molecular weight is 201 g/mol. The van der Waals surface area contributed by atoms with Gasteiger partial charge in [-0.3, -0.25) is 9.59 Å². The number of carbonyl (C=O) groups is 2. The van der Waals surface area contributed by atoms with E-state index in [-0.39, 0.29) is 30.3 Å². The molecule has 0 spiro atoms. The first kappa shape index (κ1) is 12.9. The molecular formula is C10H19NO3. The van der Waals surface area contributed by atoms with Crippen molar-refractivity contribution in [2.75, 3.05) is 7.11 Å². The Morgan fingerprint density at radius 2 is 1.93 bits per heavy atom. The summed E-state index contributed by atoms with van der Waals surface area (Å²) in [6.07, 6.45) is 0.671. The molecule has 0 aromatic rings. The number of rotatable bonds is 5. The minimum Gasteiger partial charge on any atom is -0.469 e. The molecule has 0 aliphatic carbocycles. The number of hydrogen-bond donors (Lipinski definition) is 1. The fourth-order valence-corrected chi connectivity index (χ4v) is 1.03. The second-order valence-corrected chi connectivity index (χ2v) is 3.55. The van der Waals surface area contributed by atoms with E-state index in [9.17, 15) is 9.59 Å². The number of ether oxygens (including phenoxy) is 1. The summed E-state index contributed by atoms with van der Waals surface area (Å²) < 4.78 is 4.56. The molecule has 1 N–H and O–H groups in total. The van der Waals surface area contributed by atoms with Crippen molar-refractivity contribution in [2.24, 2.45) is 5.92 Å². The van der Waals surface area contributed by atoms with Crippen molar-refractivity contribution in [1.82, 2.24) is 5.32 Å². The molecule has 0 aliphatic rings. The predicted molar refractivity (Wildman–Crippen MR) is 53.7 cm³/mol. The molecule has 0 radical (unpaired) electrons. The summed E-state index contributed by atoms with van der Waals surface area (Å²) in [6, 6.07) is -0.130. The van der Waals surface area contributed by atoms with Crippen LogP contribution in [0.1, 0.15) is 33.6 Å². The van der Waals surface area contributed by atoms with Crippen LogP contribution in [0.5, 0.6) is 0 Å². The zero-order valence-corrected chi connectivity index (χ0v) is 9.29. The van der Waals surface area contributed by atoms with Gasteiger partial charge in [-0.1, -0.05) is 20.8 Å². The monoisotopic (exact) mass is 201 g/mol. The van der Waals surface area contributed by atoms with Crippen LogP contribution in [0.4, 0.5) is 0 Å². The van der Waals surface area contributed by atoms with Crippen molar-refractivity contribution in [2.45, 2.75) is 39.7 Å². The van der Waals surface area contributed by atoms with Crippen molar-refractivity contribution in [3.8, 4) is 0 Å². The molecule has 0 saturated carbocycles. The summed E-state index contributed by atoms with van der Waals surface area (Å²) in [5, 5.41) is 2.79. The third kappa shape index (κ3) is 4.84. The first-order chi connectivity index (χ1) is 6.51. The van der Waals surface area contributed by atoms with Crippen molar-refractivity contribution in [3.63, 3.8) is 0 Å². The van der Waals surface area contributed by atoms with Gasteiger partial charge in [-0.05, 0) is 5.92 Å². The predicted octanol–water partition coefficient (Wildman–Crippen LogP) is 1.10. The molecule has 0 heterocycles. The molecule has 0 aromatic carbocycles. The van der Waals surface area contributed by atoms with E-state index in [1.807, 2.05) is 13.8 Å². The van der Waals surface area contributed by atoms with Crippen LogP contribution >= 0.6 is 0 Å². The van der Waals surface area contributed by atoms with Crippen LogP contribution in [0.2, 0.25) is 0 Å². The lowest BCUT2D eigenvalue weighted by atomic mass is 10.0. The highest BCUT2D eigenvalue weighted by Gasteiger charge is 2.19. The molecule has 0 aromatic heterocycles. The van der Waals surface area contributed by atoms with Crippen molar-refractivity contribution in [1.29, 1.82) is 0 Å². The molecule has 1 unspecified atom stereocenters. The summed E-state index contributed by atoms with van der Waals surface area (Å²) >= 11 is 0. The lowest BCUT2D eigenvalue weighted by molar-refractivity contribution is -0.141. The Labute approximate surface area is 85.0 Å². The molecule has 0 aliphatic heterocycles. The summed E-state index contributed by atoms with van der Waals surface area (Å²) in [5.74, 6) is -0.0997. The van der Waals surface area contributed by atoms with Gasteiger partial charge in [-0.2, -0.15) is 0 Å². The summed E-state index contributed by atoms with van der Waals surface area (Å²) in [5.41, 5.74) is 0. The van der Waals surface area contributed by atoms with E-state index >= 15 is 0 Å². The maximum absolute atomic E-state index is 11.1. The Morgan fingerprint density at radius 3 is 2.29 bits per heavy atom. The molecule has 0 fully saturated rings. The van der Waals surface area contributed by atoms with E-state index in [0.717, 1.165) is 0 Å². The molecular weight excluding hydrogens is 182 g/mol. The minimum absolute atomic E-state index is 0.0346. The standard InChI is InChI=1S/C10H19NO3/c1-5-9(12)11-8(7(2)3)6-10(13)14-4/h7-8H,5-6H2,1-4H3,(H,11,12). The molecule has 1 amide bonds. The number of carbonyl (C=O) groups excluding carboxylic acids is 2. The van der Waals surface area contributed by atoms with Crippen LogP contribution in [-0.4, -0.2) is 25.0 Å². The average Bonchev–Trinajstić information content (AvgIpc) is 2.16. The zero-order valence-electron chi connectivity index (χ0n) is 9.29. The van der Waals surface area contributed by atoms with Gasteiger partial charge in [-0.25, -0.2) is 0 Å². The minimum atomic E-state index is -0.292. The topological polar surface area (TPSA) is 55.4 Å². The van der Waals surface area contributed by atoms with Crippen molar-refractivity contribution >= 4 is 11.9 Å². The van der Waals surface area contributed by atoms with Gasteiger partial charge < -0.3 is 10.1 Å². The number of amides is 1. The molecule has 4 heteroatoms. The van der Waals surface area contributed by atoms with Gasteiger partial charge in [-0.15, -0.1) is 0 Å². The Kier molecular flexibility index (Phi) is 5.92. The molecule has 0 rings (SSSR count). The lowest BCUT2D eigenvalue weighted by Crippen LogP contribution is -2.39. The van der Waals surface area contributed by atoms with E-state index in [1.165, 1.54) is 7.11 Å². The first-order valence-electron chi connectivity index (χ1n) is 4.87. The van der Waals surface area contributed by atoms with Gasteiger partial charge in [0, 0.05) is 12.5 Å². The zero-order chi connectivity index (χ0) is 11.1. The van der Waals surface area contributed by atoms with E-state index in [4.69, 9.17) is 0 Å². The Bertz CT molecular complexity index is 184. The Balaban J connectivity index is 4.16. The SMILES string of the molecule is CCC(=O)NC(CC(=O)OC)C(C)C. The van der Waals surface area contributed by atoms with E-state index in [1.54, 1.807) is 6.92 Å². The molecule has 0 bridgehead atoms. The summed E-state index contributed by atoms with van der Waals surface area (Å²) in [7, 11) is 1.35. The Morgan fingerprint density at radius 1 is 1.36 bits per heavy atom. The quantitative estimate of drug-likeness (QED) is 0.678. The van der Waals surface area contributed by atoms with Gasteiger partial charge in [0.15, 0.2) is 0 Å². The van der Waals surface area contributed by atoms with Crippen molar-refractivity contribution < 1.29 is 14.3 Å². The van der Waals surface area contributed by atoms with Crippen LogP contribution < -0.4 is 5.32 Å². The molecule has 82 valence electrons. The van der Waals surface area contributed by atoms with Gasteiger partial charge in [0.25, 0.3) is 0 Å². The van der Waals surface area contributed by atoms with E-state index in [2.05, 4.69) is 10.1 Å². The molecule has 4 nitrogen and oxygen atoms in total. The molecule has 1 atom stereocenters. The van der Waals surface area contributed by atoms with E-state index in [0.29, 0.717) is 6.42 Å². The lowest BCUT2D eigenvalue weighted by Gasteiger charge is -2.20. The van der Waals surface area contributed by atoms with Crippen LogP contribution in [0.3, 0.4) is 0 Å². The fraction of sp³-hybridized carbons (Fsp3) is 0.800. The van der Waals surface area contributed by atoms with Crippen LogP contribution in [0.15, 0.2) is 0 Å². The second-order valence-electron chi connectivity index (χ2n) is 3.55.